The Labute approximate surface area is 142 Å². The van der Waals surface area contributed by atoms with Crippen LogP contribution in [0.2, 0.25) is 0 Å². The van der Waals surface area contributed by atoms with Crippen molar-refractivity contribution < 1.29 is 14.2 Å². The molecule has 3 aromatic carbocycles. The highest BCUT2D eigenvalue weighted by atomic mass is 16.5. The summed E-state index contributed by atoms with van der Waals surface area (Å²) in [5, 5.41) is 2.35. The molecule has 0 aromatic heterocycles. The molecule has 0 aliphatic heterocycles. The molecule has 0 unspecified atom stereocenters. The number of rotatable bonds is 6. The Morgan fingerprint density at radius 3 is 2.33 bits per heavy atom. The van der Waals surface area contributed by atoms with Gasteiger partial charge in [0, 0.05) is 19.8 Å². The van der Waals surface area contributed by atoms with Crippen LogP contribution in [0.5, 0.6) is 5.75 Å². The fraction of sp³-hybridized carbons (Fsp3) is 0.238. The topological polar surface area (TPSA) is 27.7 Å². The van der Waals surface area contributed by atoms with E-state index < -0.39 is 0 Å². The van der Waals surface area contributed by atoms with E-state index in [4.69, 9.17) is 14.2 Å². The highest BCUT2D eigenvalue weighted by Gasteiger charge is 2.19. The number of fused-ring (bicyclic) bond motifs is 1. The van der Waals surface area contributed by atoms with Crippen LogP contribution in [0.3, 0.4) is 0 Å². The Morgan fingerprint density at radius 1 is 0.833 bits per heavy atom. The van der Waals surface area contributed by atoms with E-state index in [9.17, 15) is 0 Å². The van der Waals surface area contributed by atoms with Gasteiger partial charge in [-0.15, -0.1) is 0 Å². The van der Waals surface area contributed by atoms with E-state index in [0.29, 0.717) is 6.61 Å². The van der Waals surface area contributed by atoms with Crippen LogP contribution in [-0.4, -0.2) is 27.9 Å². The molecule has 0 N–H and O–H groups in total. The van der Waals surface area contributed by atoms with Gasteiger partial charge in [0.05, 0.1) is 13.7 Å². The van der Waals surface area contributed by atoms with E-state index >= 15 is 0 Å². The van der Waals surface area contributed by atoms with Crippen LogP contribution in [0.1, 0.15) is 11.7 Å². The van der Waals surface area contributed by atoms with Gasteiger partial charge in [-0.2, -0.15) is 0 Å². The number of hydrogen-bond donors (Lipinski definition) is 0. The molecule has 0 saturated carbocycles. The summed E-state index contributed by atoms with van der Waals surface area (Å²) in [5.41, 5.74) is 3.29. The standard InChI is InChI=1S/C21H22O3/c1-22-14-20(24-3)17-10-6-7-11-18(17)21-16-9-5-4-8-15(16)12-13-19(21)23-2/h4-13,20H,14H2,1-3H3/t20-/m0/s1. The van der Waals surface area contributed by atoms with Gasteiger partial charge < -0.3 is 14.2 Å². The van der Waals surface area contributed by atoms with E-state index in [0.717, 1.165) is 27.8 Å². The third-order valence-corrected chi connectivity index (χ3v) is 4.29. The van der Waals surface area contributed by atoms with Crippen molar-refractivity contribution in [2.45, 2.75) is 6.10 Å². The molecule has 0 heterocycles. The molecule has 3 aromatic rings. The lowest BCUT2D eigenvalue weighted by atomic mass is 9.91. The highest BCUT2D eigenvalue weighted by molar-refractivity contribution is 6.00. The summed E-state index contributed by atoms with van der Waals surface area (Å²) in [7, 11) is 5.10. The third-order valence-electron chi connectivity index (χ3n) is 4.29. The molecule has 0 radical (unpaired) electrons. The van der Waals surface area contributed by atoms with Crippen molar-refractivity contribution >= 4 is 10.8 Å². The van der Waals surface area contributed by atoms with Crippen LogP contribution in [0, 0.1) is 0 Å². The van der Waals surface area contributed by atoms with Crippen LogP contribution in [0.4, 0.5) is 0 Å². The number of methoxy groups -OCH3 is 3. The van der Waals surface area contributed by atoms with Gasteiger partial charge in [0.25, 0.3) is 0 Å². The molecule has 124 valence electrons. The minimum absolute atomic E-state index is 0.130. The first-order valence-electron chi connectivity index (χ1n) is 7.97. The summed E-state index contributed by atoms with van der Waals surface area (Å²) in [6.45, 7) is 0.501. The average Bonchev–Trinajstić information content (AvgIpc) is 2.65. The summed E-state index contributed by atoms with van der Waals surface area (Å²) in [6, 6.07) is 20.7. The summed E-state index contributed by atoms with van der Waals surface area (Å²) in [4.78, 5) is 0. The minimum Gasteiger partial charge on any atom is -0.496 e. The maximum Gasteiger partial charge on any atom is 0.127 e. The molecular formula is C21H22O3. The Hall–Kier alpha value is -2.36. The van der Waals surface area contributed by atoms with Gasteiger partial charge in [0.2, 0.25) is 0 Å². The second-order valence-corrected chi connectivity index (χ2v) is 5.63. The molecular weight excluding hydrogens is 300 g/mol. The molecule has 0 aliphatic carbocycles. The second-order valence-electron chi connectivity index (χ2n) is 5.63. The quantitative estimate of drug-likeness (QED) is 0.649. The normalized spacial score (nSPS) is 12.3. The van der Waals surface area contributed by atoms with E-state index in [1.165, 1.54) is 5.39 Å². The van der Waals surface area contributed by atoms with E-state index in [2.05, 4.69) is 36.4 Å². The fourth-order valence-electron chi connectivity index (χ4n) is 3.14. The van der Waals surface area contributed by atoms with Crippen molar-refractivity contribution in [3.8, 4) is 16.9 Å². The fourth-order valence-corrected chi connectivity index (χ4v) is 3.14. The van der Waals surface area contributed by atoms with Crippen LogP contribution < -0.4 is 4.74 Å². The summed E-state index contributed by atoms with van der Waals surface area (Å²) >= 11 is 0. The SMILES string of the molecule is COC[C@H](OC)c1ccccc1-c1c(OC)ccc2ccccc12. The van der Waals surface area contributed by atoms with Gasteiger partial charge in [0.15, 0.2) is 0 Å². The Balaban J connectivity index is 2.28. The van der Waals surface area contributed by atoms with Gasteiger partial charge in [-0.1, -0.05) is 54.6 Å². The molecule has 0 amide bonds. The van der Waals surface area contributed by atoms with Crippen LogP contribution >= 0.6 is 0 Å². The second kappa shape index (κ2) is 7.47. The van der Waals surface area contributed by atoms with Gasteiger partial charge in [-0.25, -0.2) is 0 Å². The molecule has 0 fully saturated rings. The Bertz CT molecular complexity index is 826. The lowest BCUT2D eigenvalue weighted by molar-refractivity contribution is 0.0278. The summed E-state index contributed by atoms with van der Waals surface area (Å²) < 4.78 is 16.7. The summed E-state index contributed by atoms with van der Waals surface area (Å²) in [6.07, 6.45) is -0.130. The third kappa shape index (κ3) is 3.01. The van der Waals surface area contributed by atoms with Crippen molar-refractivity contribution in [2.24, 2.45) is 0 Å². The largest absolute Gasteiger partial charge is 0.496 e. The van der Waals surface area contributed by atoms with Gasteiger partial charge in [-0.05, 0) is 28.0 Å². The monoisotopic (exact) mass is 322 g/mol. The van der Waals surface area contributed by atoms with Crippen LogP contribution in [-0.2, 0) is 9.47 Å². The molecule has 0 bridgehead atoms. The van der Waals surface area contributed by atoms with Crippen molar-refractivity contribution in [2.75, 3.05) is 27.9 Å². The molecule has 3 rings (SSSR count). The summed E-state index contributed by atoms with van der Waals surface area (Å²) in [5.74, 6) is 0.855. The Kier molecular flexibility index (Phi) is 5.14. The minimum atomic E-state index is -0.130. The molecule has 3 heteroatoms. The molecule has 3 nitrogen and oxygen atoms in total. The van der Waals surface area contributed by atoms with Gasteiger partial charge in [-0.3, -0.25) is 0 Å². The molecule has 0 aliphatic rings. The maximum atomic E-state index is 5.66. The number of benzene rings is 3. The zero-order chi connectivity index (χ0) is 16.9. The van der Waals surface area contributed by atoms with Crippen molar-refractivity contribution in [1.82, 2.24) is 0 Å². The zero-order valence-electron chi connectivity index (χ0n) is 14.3. The first kappa shape index (κ1) is 16.5. The maximum absolute atomic E-state index is 5.66. The van der Waals surface area contributed by atoms with Gasteiger partial charge in [0.1, 0.15) is 11.9 Å². The first-order valence-corrected chi connectivity index (χ1v) is 7.97. The zero-order valence-corrected chi connectivity index (χ0v) is 14.3. The van der Waals surface area contributed by atoms with E-state index in [1.54, 1.807) is 21.3 Å². The predicted molar refractivity (Wildman–Crippen MR) is 97.6 cm³/mol. The number of ether oxygens (including phenoxy) is 3. The van der Waals surface area contributed by atoms with Crippen molar-refractivity contribution in [3.63, 3.8) is 0 Å². The average molecular weight is 322 g/mol. The lowest BCUT2D eigenvalue weighted by Gasteiger charge is -2.21. The van der Waals surface area contributed by atoms with Crippen LogP contribution in [0.15, 0.2) is 60.7 Å². The molecule has 0 spiro atoms. The van der Waals surface area contributed by atoms with Crippen molar-refractivity contribution in [1.29, 1.82) is 0 Å². The molecule has 0 saturated heterocycles. The van der Waals surface area contributed by atoms with Crippen LogP contribution in [0.25, 0.3) is 21.9 Å². The predicted octanol–water partition coefficient (Wildman–Crippen LogP) is 4.85. The van der Waals surface area contributed by atoms with Gasteiger partial charge >= 0.3 is 0 Å². The van der Waals surface area contributed by atoms with E-state index in [1.807, 2.05) is 24.3 Å². The highest BCUT2D eigenvalue weighted by Crippen LogP contribution is 2.40. The lowest BCUT2D eigenvalue weighted by Crippen LogP contribution is -2.10. The Morgan fingerprint density at radius 2 is 1.58 bits per heavy atom. The number of hydrogen-bond acceptors (Lipinski definition) is 3. The van der Waals surface area contributed by atoms with Crippen molar-refractivity contribution in [3.05, 3.63) is 66.2 Å². The molecule has 1 atom stereocenters. The van der Waals surface area contributed by atoms with E-state index in [-0.39, 0.29) is 6.10 Å². The molecule has 24 heavy (non-hydrogen) atoms. The first-order chi connectivity index (χ1) is 11.8. The smallest absolute Gasteiger partial charge is 0.127 e.